The molecule has 1 atom stereocenters. The highest BCUT2D eigenvalue weighted by Gasteiger charge is 2.18. The summed E-state index contributed by atoms with van der Waals surface area (Å²) in [5, 5.41) is 3.35. The van der Waals surface area contributed by atoms with Crippen molar-refractivity contribution in [2.45, 2.75) is 32.2 Å². The number of nitrogens with two attached hydrogens (primary N) is 1. The van der Waals surface area contributed by atoms with Crippen molar-refractivity contribution in [3.63, 3.8) is 0 Å². The second-order valence-electron chi connectivity index (χ2n) is 4.74. The molecule has 1 aliphatic heterocycles. The van der Waals surface area contributed by atoms with E-state index in [1.165, 1.54) is 25.8 Å². The van der Waals surface area contributed by atoms with Crippen LogP contribution in [-0.4, -0.2) is 41.0 Å². The third-order valence-electron chi connectivity index (χ3n) is 3.30. The van der Waals surface area contributed by atoms with Gasteiger partial charge >= 0.3 is 0 Å². The van der Waals surface area contributed by atoms with Crippen LogP contribution in [0.1, 0.15) is 25.1 Å². The largest absolute Gasteiger partial charge is 0.384 e. The van der Waals surface area contributed by atoms with Gasteiger partial charge in [0, 0.05) is 18.7 Å². The van der Waals surface area contributed by atoms with E-state index >= 15 is 0 Å². The standard InChI is InChI=1S/C12H21N5/c1-9-15-11(13)7-12(16-9)14-8-10-5-3-4-6-17(10)2/h7,10H,3-6,8H2,1-2H3,(H3,13,14,15,16). The molecule has 1 aliphatic rings. The molecule has 0 spiro atoms. The fraction of sp³-hybridized carbons (Fsp3) is 0.667. The zero-order valence-corrected chi connectivity index (χ0v) is 10.6. The maximum Gasteiger partial charge on any atom is 0.131 e. The molecular formula is C12H21N5. The van der Waals surface area contributed by atoms with E-state index in [1.54, 1.807) is 6.07 Å². The highest BCUT2D eigenvalue weighted by Crippen LogP contribution is 2.16. The Labute approximate surface area is 102 Å². The van der Waals surface area contributed by atoms with E-state index in [1.807, 2.05) is 6.92 Å². The van der Waals surface area contributed by atoms with Crippen LogP contribution in [-0.2, 0) is 0 Å². The van der Waals surface area contributed by atoms with Gasteiger partial charge in [-0.3, -0.25) is 0 Å². The molecule has 94 valence electrons. The van der Waals surface area contributed by atoms with Gasteiger partial charge in [-0.05, 0) is 33.4 Å². The summed E-state index contributed by atoms with van der Waals surface area (Å²) in [7, 11) is 2.19. The molecule has 1 aromatic heterocycles. The molecule has 1 saturated heterocycles. The molecule has 0 aliphatic carbocycles. The Morgan fingerprint density at radius 3 is 3.00 bits per heavy atom. The molecule has 0 saturated carbocycles. The molecule has 2 heterocycles. The number of nitrogen functional groups attached to an aromatic ring is 1. The van der Waals surface area contributed by atoms with E-state index in [-0.39, 0.29) is 0 Å². The summed E-state index contributed by atoms with van der Waals surface area (Å²) in [6.45, 7) is 3.97. The number of nitrogens with zero attached hydrogens (tertiary/aromatic N) is 3. The second-order valence-corrected chi connectivity index (χ2v) is 4.74. The maximum atomic E-state index is 5.69. The van der Waals surface area contributed by atoms with Crippen molar-refractivity contribution in [2.75, 3.05) is 31.2 Å². The van der Waals surface area contributed by atoms with Crippen LogP contribution >= 0.6 is 0 Å². The molecule has 1 unspecified atom stereocenters. The summed E-state index contributed by atoms with van der Waals surface area (Å²) in [4.78, 5) is 10.8. The third-order valence-corrected chi connectivity index (χ3v) is 3.30. The van der Waals surface area contributed by atoms with Gasteiger partial charge in [0.15, 0.2) is 0 Å². The van der Waals surface area contributed by atoms with Crippen molar-refractivity contribution in [3.8, 4) is 0 Å². The fourth-order valence-electron chi connectivity index (χ4n) is 2.31. The summed E-state index contributed by atoms with van der Waals surface area (Å²) in [5.41, 5.74) is 5.69. The van der Waals surface area contributed by atoms with Gasteiger partial charge < -0.3 is 16.0 Å². The Morgan fingerprint density at radius 2 is 2.29 bits per heavy atom. The number of likely N-dealkylation sites (tertiary alicyclic amines) is 1. The lowest BCUT2D eigenvalue weighted by Crippen LogP contribution is -2.40. The minimum atomic E-state index is 0.525. The fourth-order valence-corrected chi connectivity index (χ4v) is 2.31. The average molecular weight is 235 g/mol. The highest BCUT2D eigenvalue weighted by atomic mass is 15.2. The van der Waals surface area contributed by atoms with Crippen LogP contribution in [0, 0.1) is 6.92 Å². The van der Waals surface area contributed by atoms with Crippen LogP contribution in [0.25, 0.3) is 0 Å². The Balaban J connectivity index is 1.92. The molecule has 3 N–H and O–H groups in total. The minimum Gasteiger partial charge on any atom is -0.384 e. The number of aromatic nitrogens is 2. The minimum absolute atomic E-state index is 0.525. The van der Waals surface area contributed by atoms with E-state index < -0.39 is 0 Å². The Bertz CT molecular complexity index is 359. The molecule has 0 bridgehead atoms. The maximum absolute atomic E-state index is 5.69. The van der Waals surface area contributed by atoms with Gasteiger partial charge in [0.1, 0.15) is 17.5 Å². The van der Waals surface area contributed by atoms with Gasteiger partial charge in [0.05, 0.1) is 0 Å². The summed E-state index contributed by atoms with van der Waals surface area (Å²) in [6.07, 6.45) is 3.89. The number of hydrogen-bond donors (Lipinski definition) is 2. The predicted octanol–water partition coefficient (Wildman–Crippen LogP) is 1.26. The predicted molar refractivity (Wildman–Crippen MR) is 69.9 cm³/mol. The Kier molecular flexibility index (Phi) is 3.78. The van der Waals surface area contributed by atoms with Gasteiger partial charge in [-0.1, -0.05) is 6.42 Å². The lowest BCUT2D eigenvalue weighted by molar-refractivity contribution is 0.194. The number of piperidine rings is 1. The lowest BCUT2D eigenvalue weighted by Gasteiger charge is -2.32. The van der Waals surface area contributed by atoms with Crippen LogP contribution in [0.3, 0.4) is 0 Å². The van der Waals surface area contributed by atoms with Crippen molar-refractivity contribution >= 4 is 11.6 Å². The lowest BCUT2D eigenvalue weighted by atomic mass is 10.0. The molecule has 17 heavy (non-hydrogen) atoms. The third kappa shape index (κ3) is 3.30. The number of rotatable bonds is 3. The van der Waals surface area contributed by atoms with Crippen molar-refractivity contribution in [3.05, 3.63) is 11.9 Å². The molecule has 5 nitrogen and oxygen atoms in total. The van der Waals surface area contributed by atoms with E-state index in [9.17, 15) is 0 Å². The van der Waals surface area contributed by atoms with Crippen LogP contribution in [0.5, 0.6) is 0 Å². The topological polar surface area (TPSA) is 67.1 Å². The van der Waals surface area contributed by atoms with Crippen LogP contribution in [0.15, 0.2) is 6.07 Å². The monoisotopic (exact) mass is 235 g/mol. The van der Waals surface area contributed by atoms with Crippen molar-refractivity contribution < 1.29 is 0 Å². The van der Waals surface area contributed by atoms with Crippen molar-refractivity contribution in [2.24, 2.45) is 0 Å². The Morgan fingerprint density at radius 1 is 1.47 bits per heavy atom. The second kappa shape index (κ2) is 5.31. The first kappa shape index (κ1) is 12.1. The molecule has 0 radical (unpaired) electrons. The van der Waals surface area contributed by atoms with Crippen molar-refractivity contribution in [1.82, 2.24) is 14.9 Å². The summed E-state index contributed by atoms with van der Waals surface area (Å²) in [5.74, 6) is 2.07. The number of nitrogens with one attached hydrogen (secondary N) is 1. The first-order chi connectivity index (χ1) is 8.15. The van der Waals surface area contributed by atoms with E-state index in [0.29, 0.717) is 17.7 Å². The van der Waals surface area contributed by atoms with Crippen LogP contribution in [0.4, 0.5) is 11.6 Å². The highest BCUT2D eigenvalue weighted by molar-refractivity contribution is 5.44. The average Bonchev–Trinajstić information content (AvgIpc) is 2.27. The molecule has 2 rings (SSSR count). The molecule has 5 heteroatoms. The van der Waals surface area contributed by atoms with Crippen molar-refractivity contribution in [1.29, 1.82) is 0 Å². The van der Waals surface area contributed by atoms with Gasteiger partial charge in [0.2, 0.25) is 0 Å². The smallest absolute Gasteiger partial charge is 0.131 e. The first-order valence-electron chi connectivity index (χ1n) is 6.20. The molecule has 0 aromatic carbocycles. The van der Waals surface area contributed by atoms with Gasteiger partial charge in [-0.25, -0.2) is 9.97 Å². The quantitative estimate of drug-likeness (QED) is 0.825. The molecule has 1 fully saturated rings. The first-order valence-corrected chi connectivity index (χ1v) is 6.20. The van der Waals surface area contributed by atoms with Gasteiger partial charge in [-0.15, -0.1) is 0 Å². The normalized spacial score (nSPS) is 21.4. The van der Waals surface area contributed by atoms with E-state index in [4.69, 9.17) is 5.73 Å². The molecular weight excluding hydrogens is 214 g/mol. The number of hydrogen-bond acceptors (Lipinski definition) is 5. The summed E-state index contributed by atoms with van der Waals surface area (Å²) >= 11 is 0. The van der Waals surface area contributed by atoms with Gasteiger partial charge in [0.25, 0.3) is 0 Å². The Hall–Kier alpha value is -1.36. The zero-order valence-electron chi connectivity index (χ0n) is 10.6. The number of likely N-dealkylation sites (N-methyl/N-ethyl adjacent to an activating group) is 1. The zero-order chi connectivity index (χ0) is 12.3. The van der Waals surface area contributed by atoms with E-state index in [0.717, 1.165) is 12.4 Å². The molecule has 1 aromatic rings. The SMILES string of the molecule is Cc1nc(N)cc(NCC2CCCCN2C)n1. The number of anilines is 2. The number of aryl methyl sites for hydroxylation is 1. The van der Waals surface area contributed by atoms with Gasteiger partial charge in [-0.2, -0.15) is 0 Å². The summed E-state index contributed by atoms with van der Waals surface area (Å²) < 4.78 is 0. The van der Waals surface area contributed by atoms with Crippen LogP contribution in [0.2, 0.25) is 0 Å². The van der Waals surface area contributed by atoms with Crippen LogP contribution < -0.4 is 11.1 Å². The van der Waals surface area contributed by atoms with E-state index in [2.05, 4.69) is 27.2 Å². The molecule has 0 amide bonds. The summed E-state index contributed by atoms with van der Waals surface area (Å²) in [6, 6.07) is 2.38.